The van der Waals surface area contributed by atoms with Crippen LogP contribution in [0.1, 0.15) is 30.0 Å². The first-order chi connectivity index (χ1) is 16.5. The summed E-state index contributed by atoms with van der Waals surface area (Å²) in [4.78, 5) is 4.47. The van der Waals surface area contributed by atoms with Crippen molar-refractivity contribution in [2.45, 2.75) is 42.8 Å². The van der Waals surface area contributed by atoms with E-state index in [0.717, 1.165) is 23.9 Å². The highest BCUT2D eigenvalue weighted by atomic mass is 32.2. The van der Waals surface area contributed by atoms with E-state index < -0.39 is 45.1 Å². The Balaban J connectivity index is 1.57. The zero-order chi connectivity index (χ0) is 25.2. The average Bonchev–Trinajstić information content (AvgIpc) is 3.28. The standard InChI is InChI=1S/C21H19F5N4O3S2/c22-16-10-19(35(31,32)29-20-27-12-28-34-20)17(23)8-14(16)11-30-7-6-15(33-21(24,25)26)9-18(30)13-4-2-1-3-5-13/h1-5,8,10,12,15,18H,6-7,9,11H2,(H,27,28,29)/t15-,18+/m0/s1. The largest absolute Gasteiger partial charge is 0.522 e. The first kappa shape index (κ1) is 25.4. The zero-order valence-electron chi connectivity index (χ0n) is 17.9. The molecule has 0 aliphatic carbocycles. The molecule has 0 saturated carbocycles. The number of anilines is 1. The fraction of sp³-hybridized carbons (Fsp3) is 0.333. The number of nitrogens with one attached hydrogen (secondary N) is 1. The number of benzene rings is 2. The van der Waals surface area contributed by atoms with Crippen LogP contribution in [0, 0.1) is 11.6 Å². The van der Waals surface area contributed by atoms with Crippen molar-refractivity contribution in [1.29, 1.82) is 0 Å². The van der Waals surface area contributed by atoms with Crippen molar-refractivity contribution in [3.63, 3.8) is 0 Å². The molecule has 7 nitrogen and oxygen atoms in total. The summed E-state index contributed by atoms with van der Waals surface area (Å²) in [7, 11) is -4.46. The van der Waals surface area contributed by atoms with E-state index in [9.17, 15) is 30.4 Å². The van der Waals surface area contributed by atoms with E-state index >= 15 is 0 Å². The summed E-state index contributed by atoms with van der Waals surface area (Å²) < 4.78 is 103. The van der Waals surface area contributed by atoms with Gasteiger partial charge in [0, 0.05) is 36.2 Å². The fourth-order valence-electron chi connectivity index (χ4n) is 3.99. The molecule has 0 amide bonds. The summed E-state index contributed by atoms with van der Waals surface area (Å²) in [5.41, 5.74) is 0.567. The van der Waals surface area contributed by atoms with E-state index in [1.54, 1.807) is 35.2 Å². The molecule has 3 aromatic rings. The van der Waals surface area contributed by atoms with E-state index in [4.69, 9.17) is 0 Å². The Hall–Kier alpha value is -2.68. The van der Waals surface area contributed by atoms with Gasteiger partial charge in [0.25, 0.3) is 10.0 Å². The first-order valence-electron chi connectivity index (χ1n) is 10.3. The molecule has 0 spiro atoms. The lowest BCUT2D eigenvalue weighted by molar-refractivity contribution is -0.347. The first-order valence-corrected chi connectivity index (χ1v) is 12.6. The molecule has 0 bridgehead atoms. The summed E-state index contributed by atoms with van der Waals surface area (Å²) >= 11 is 0.728. The van der Waals surface area contributed by atoms with Gasteiger partial charge in [-0.05, 0) is 30.5 Å². The highest BCUT2D eigenvalue weighted by Gasteiger charge is 2.38. The molecular weight excluding hydrogens is 515 g/mol. The lowest BCUT2D eigenvalue weighted by Crippen LogP contribution is -2.41. The third-order valence-corrected chi connectivity index (χ3v) is 7.56. The topological polar surface area (TPSA) is 84.4 Å². The van der Waals surface area contributed by atoms with Crippen LogP contribution in [0.2, 0.25) is 0 Å². The number of halogens is 5. The van der Waals surface area contributed by atoms with Gasteiger partial charge in [0.05, 0.1) is 6.10 Å². The van der Waals surface area contributed by atoms with E-state index in [1.807, 2.05) is 4.72 Å². The number of nitrogens with zero attached hydrogens (tertiary/aromatic N) is 3. The molecule has 4 rings (SSSR count). The normalized spacial score (nSPS) is 19.6. The number of hydrogen-bond acceptors (Lipinski definition) is 7. The summed E-state index contributed by atoms with van der Waals surface area (Å²) in [5, 5.41) is -0.108. The van der Waals surface area contributed by atoms with Crippen LogP contribution < -0.4 is 4.72 Å². The molecule has 1 aliphatic heterocycles. The Bertz CT molecular complexity index is 1260. The van der Waals surface area contributed by atoms with Gasteiger partial charge in [0.15, 0.2) is 0 Å². The molecule has 188 valence electrons. The molecule has 2 atom stereocenters. The number of alkyl halides is 3. The van der Waals surface area contributed by atoms with Crippen LogP contribution in [-0.4, -0.2) is 41.7 Å². The summed E-state index contributed by atoms with van der Waals surface area (Å²) in [6.45, 7) is -0.0226. The van der Waals surface area contributed by atoms with Crippen molar-refractivity contribution in [3.05, 3.63) is 71.6 Å². The predicted molar refractivity (Wildman–Crippen MR) is 117 cm³/mol. The monoisotopic (exact) mass is 534 g/mol. The molecule has 1 fully saturated rings. The molecule has 0 radical (unpaired) electrons. The summed E-state index contributed by atoms with van der Waals surface area (Å²) in [6.07, 6.45) is -4.74. The van der Waals surface area contributed by atoms with Gasteiger partial charge in [0.1, 0.15) is 22.9 Å². The van der Waals surface area contributed by atoms with Crippen molar-refractivity contribution >= 4 is 26.7 Å². The van der Waals surface area contributed by atoms with Crippen LogP contribution in [0.25, 0.3) is 0 Å². The quantitative estimate of drug-likeness (QED) is 0.436. The number of aromatic nitrogens is 2. The van der Waals surface area contributed by atoms with E-state index in [1.165, 1.54) is 0 Å². The number of rotatable bonds is 7. The third kappa shape index (κ3) is 6.31. The number of sulfonamides is 1. The number of hydrogen-bond donors (Lipinski definition) is 1. The van der Waals surface area contributed by atoms with Gasteiger partial charge in [-0.3, -0.25) is 14.4 Å². The van der Waals surface area contributed by atoms with Gasteiger partial charge in [-0.25, -0.2) is 22.2 Å². The average molecular weight is 535 g/mol. The van der Waals surface area contributed by atoms with Crippen molar-refractivity contribution in [2.75, 3.05) is 11.3 Å². The zero-order valence-corrected chi connectivity index (χ0v) is 19.5. The Morgan fingerprint density at radius 3 is 2.54 bits per heavy atom. The van der Waals surface area contributed by atoms with Crippen LogP contribution >= 0.6 is 11.5 Å². The molecule has 14 heteroatoms. The number of piperidine rings is 1. The van der Waals surface area contributed by atoms with Crippen LogP contribution in [0.4, 0.5) is 27.1 Å². The number of likely N-dealkylation sites (tertiary alicyclic amines) is 1. The summed E-state index contributed by atoms with van der Waals surface area (Å²) in [5.74, 6) is -2.14. The second-order valence-corrected chi connectivity index (χ2v) is 10.3. The van der Waals surface area contributed by atoms with E-state index in [2.05, 4.69) is 14.1 Å². The Labute approximate surface area is 201 Å². The highest BCUT2D eigenvalue weighted by Crippen LogP contribution is 2.36. The van der Waals surface area contributed by atoms with Crippen LogP contribution in [0.15, 0.2) is 53.7 Å². The molecule has 1 aromatic heterocycles. The number of ether oxygens (including phenoxy) is 1. The summed E-state index contributed by atoms with van der Waals surface area (Å²) in [6, 6.07) is 9.49. The lowest BCUT2D eigenvalue weighted by Gasteiger charge is -2.40. The van der Waals surface area contributed by atoms with Crippen molar-refractivity contribution in [1.82, 2.24) is 14.3 Å². The minimum Gasteiger partial charge on any atom is -0.292 e. The van der Waals surface area contributed by atoms with Crippen LogP contribution in [-0.2, 0) is 21.3 Å². The molecular formula is C21H19F5N4O3S2. The molecule has 2 aromatic carbocycles. The Morgan fingerprint density at radius 1 is 1.14 bits per heavy atom. The SMILES string of the molecule is O=S(=O)(Nc1ncns1)c1cc(F)c(CN2CC[C@H](OC(F)(F)F)C[C@@H]2c2ccccc2)cc1F. The minimum atomic E-state index is -4.78. The second-order valence-electron chi connectivity index (χ2n) is 7.83. The van der Waals surface area contributed by atoms with Gasteiger partial charge in [0.2, 0.25) is 5.13 Å². The van der Waals surface area contributed by atoms with E-state index in [-0.39, 0.29) is 36.6 Å². The maximum atomic E-state index is 14.9. The van der Waals surface area contributed by atoms with Gasteiger partial charge < -0.3 is 0 Å². The van der Waals surface area contributed by atoms with Gasteiger partial charge in [-0.15, -0.1) is 13.2 Å². The van der Waals surface area contributed by atoms with E-state index in [0.29, 0.717) is 11.6 Å². The van der Waals surface area contributed by atoms with Gasteiger partial charge in [-0.1, -0.05) is 30.3 Å². The molecule has 1 N–H and O–H groups in total. The maximum Gasteiger partial charge on any atom is 0.522 e. The van der Waals surface area contributed by atoms with Gasteiger partial charge in [-0.2, -0.15) is 4.37 Å². The Kier molecular flexibility index (Phi) is 7.35. The third-order valence-electron chi connectivity index (χ3n) is 5.50. The Morgan fingerprint density at radius 2 is 1.89 bits per heavy atom. The smallest absolute Gasteiger partial charge is 0.292 e. The molecule has 0 unspecified atom stereocenters. The van der Waals surface area contributed by atoms with Crippen molar-refractivity contribution < 1.29 is 35.1 Å². The molecule has 2 heterocycles. The molecule has 1 saturated heterocycles. The lowest BCUT2D eigenvalue weighted by atomic mass is 9.92. The maximum absolute atomic E-state index is 14.9. The highest BCUT2D eigenvalue weighted by molar-refractivity contribution is 7.93. The fourth-order valence-corrected chi connectivity index (χ4v) is 5.73. The van der Waals surface area contributed by atoms with Crippen molar-refractivity contribution in [2.24, 2.45) is 0 Å². The van der Waals surface area contributed by atoms with Crippen LogP contribution in [0.5, 0.6) is 0 Å². The van der Waals surface area contributed by atoms with Crippen LogP contribution in [0.3, 0.4) is 0 Å². The minimum absolute atomic E-state index is 0.00808. The molecule has 1 aliphatic rings. The van der Waals surface area contributed by atoms with Gasteiger partial charge >= 0.3 is 6.36 Å². The van der Waals surface area contributed by atoms with Crippen molar-refractivity contribution in [3.8, 4) is 0 Å². The predicted octanol–water partition coefficient (Wildman–Crippen LogP) is 4.86. The second kappa shape index (κ2) is 10.1. The molecule has 35 heavy (non-hydrogen) atoms.